The minimum absolute atomic E-state index is 0.683. The fourth-order valence-electron chi connectivity index (χ4n) is 3.12. The van der Waals surface area contributed by atoms with E-state index in [2.05, 4.69) is 39.7 Å². The van der Waals surface area contributed by atoms with Gasteiger partial charge in [-0.3, -0.25) is 9.89 Å². The lowest BCUT2D eigenvalue weighted by Crippen LogP contribution is -2.39. The highest BCUT2D eigenvalue weighted by Crippen LogP contribution is 2.20. The van der Waals surface area contributed by atoms with Crippen LogP contribution in [0.25, 0.3) is 0 Å². The normalized spacial score (nSPS) is 16.8. The Balaban J connectivity index is 1.67. The van der Waals surface area contributed by atoms with E-state index in [-0.39, 0.29) is 0 Å². The standard InChI is InChI=1S/C19H35N5OS/c1-4-20-19(21-9-6-12-25-5-2)22-13-17-7-10-24(11-8-17)14-18-15-26-16(3)23-18/h15,17H,4-14H2,1-3H3,(H2,20,21,22). The number of piperidine rings is 1. The number of nitrogens with one attached hydrogen (secondary N) is 2. The van der Waals surface area contributed by atoms with Gasteiger partial charge in [0.05, 0.1) is 10.7 Å². The molecule has 1 aromatic rings. The molecule has 1 aliphatic heterocycles. The van der Waals surface area contributed by atoms with Crippen LogP contribution in [0.5, 0.6) is 0 Å². The van der Waals surface area contributed by atoms with E-state index in [1.165, 1.54) is 18.5 Å². The van der Waals surface area contributed by atoms with Crippen molar-refractivity contribution in [2.24, 2.45) is 10.9 Å². The minimum Gasteiger partial charge on any atom is -0.382 e. The lowest BCUT2D eigenvalue weighted by Gasteiger charge is -2.30. The van der Waals surface area contributed by atoms with Gasteiger partial charge in [-0.1, -0.05) is 0 Å². The second-order valence-corrected chi connectivity index (χ2v) is 7.84. The van der Waals surface area contributed by atoms with Gasteiger partial charge in [0.1, 0.15) is 0 Å². The molecule has 6 nitrogen and oxygen atoms in total. The Morgan fingerprint density at radius 3 is 2.81 bits per heavy atom. The van der Waals surface area contributed by atoms with E-state index in [4.69, 9.17) is 9.73 Å². The van der Waals surface area contributed by atoms with Crippen LogP contribution >= 0.6 is 11.3 Å². The summed E-state index contributed by atoms with van der Waals surface area (Å²) >= 11 is 1.74. The average Bonchev–Trinajstić information content (AvgIpc) is 3.05. The summed E-state index contributed by atoms with van der Waals surface area (Å²) in [5.41, 5.74) is 1.22. The topological polar surface area (TPSA) is 61.8 Å². The van der Waals surface area contributed by atoms with Crippen LogP contribution in [0.3, 0.4) is 0 Å². The molecule has 2 heterocycles. The fraction of sp³-hybridized carbons (Fsp3) is 0.789. The fourth-order valence-corrected chi connectivity index (χ4v) is 3.73. The quantitative estimate of drug-likeness (QED) is 0.371. The van der Waals surface area contributed by atoms with E-state index < -0.39 is 0 Å². The highest BCUT2D eigenvalue weighted by Gasteiger charge is 2.19. The third-order valence-electron chi connectivity index (χ3n) is 4.57. The lowest BCUT2D eigenvalue weighted by atomic mass is 9.97. The van der Waals surface area contributed by atoms with Crippen molar-refractivity contribution in [3.8, 4) is 0 Å². The van der Waals surface area contributed by atoms with Crippen LogP contribution in [0.4, 0.5) is 0 Å². The van der Waals surface area contributed by atoms with Gasteiger partial charge in [0, 0.05) is 44.8 Å². The first-order valence-corrected chi connectivity index (χ1v) is 10.8. The zero-order valence-electron chi connectivity index (χ0n) is 16.6. The number of aliphatic imine (C=N–C) groups is 1. The number of guanidine groups is 1. The summed E-state index contributed by atoms with van der Waals surface area (Å²) in [6, 6.07) is 0. The molecule has 0 unspecified atom stereocenters. The van der Waals surface area contributed by atoms with Gasteiger partial charge in [0.25, 0.3) is 0 Å². The van der Waals surface area contributed by atoms with Gasteiger partial charge >= 0.3 is 0 Å². The van der Waals surface area contributed by atoms with Gasteiger partial charge in [0.15, 0.2) is 5.96 Å². The molecule has 0 spiro atoms. The Morgan fingerprint density at radius 2 is 2.15 bits per heavy atom. The lowest BCUT2D eigenvalue weighted by molar-refractivity contribution is 0.145. The smallest absolute Gasteiger partial charge is 0.191 e. The van der Waals surface area contributed by atoms with E-state index in [1.54, 1.807) is 11.3 Å². The van der Waals surface area contributed by atoms with Crippen LogP contribution in [0.2, 0.25) is 0 Å². The van der Waals surface area contributed by atoms with Gasteiger partial charge < -0.3 is 15.4 Å². The van der Waals surface area contributed by atoms with Crippen LogP contribution in [0, 0.1) is 12.8 Å². The molecular formula is C19H35N5OS. The van der Waals surface area contributed by atoms with Gasteiger partial charge in [-0.25, -0.2) is 4.98 Å². The second-order valence-electron chi connectivity index (χ2n) is 6.77. The van der Waals surface area contributed by atoms with Gasteiger partial charge in [-0.15, -0.1) is 11.3 Å². The zero-order valence-corrected chi connectivity index (χ0v) is 17.4. The Labute approximate surface area is 162 Å². The molecule has 0 radical (unpaired) electrons. The molecule has 2 N–H and O–H groups in total. The number of rotatable bonds is 10. The zero-order chi connectivity index (χ0) is 18.6. The molecular weight excluding hydrogens is 346 g/mol. The average molecular weight is 382 g/mol. The molecule has 0 aromatic carbocycles. The molecule has 7 heteroatoms. The number of likely N-dealkylation sites (tertiary alicyclic amines) is 1. The molecule has 0 amide bonds. The molecule has 26 heavy (non-hydrogen) atoms. The minimum atomic E-state index is 0.683. The summed E-state index contributed by atoms with van der Waals surface area (Å²) < 4.78 is 5.38. The Hall–Kier alpha value is -1.18. The summed E-state index contributed by atoms with van der Waals surface area (Å²) in [6.07, 6.45) is 3.44. The van der Waals surface area contributed by atoms with Crippen LogP contribution in [-0.2, 0) is 11.3 Å². The summed E-state index contributed by atoms with van der Waals surface area (Å²) in [7, 11) is 0. The number of ether oxygens (including phenoxy) is 1. The molecule has 1 aliphatic rings. The van der Waals surface area contributed by atoms with Crippen molar-refractivity contribution in [1.29, 1.82) is 0 Å². The van der Waals surface area contributed by atoms with Crippen molar-refractivity contribution in [2.75, 3.05) is 45.9 Å². The van der Waals surface area contributed by atoms with E-state index in [1.807, 2.05) is 6.92 Å². The predicted molar refractivity (Wildman–Crippen MR) is 110 cm³/mol. The number of aromatic nitrogens is 1. The highest BCUT2D eigenvalue weighted by molar-refractivity contribution is 7.09. The van der Waals surface area contributed by atoms with Gasteiger partial charge in [-0.05, 0) is 59.0 Å². The van der Waals surface area contributed by atoms with E-state index in [0.717, 1.165) is 69.9 Å². The van der Waals surface area contributed by atoms with E-state index in [9.17, 15) is 0 Å². The Morgan fingerprint density at radius 1 is 1.35 bits per heavy atom. The summed E-state index contributed by atoms with van der Waals surface area (Å²) in [5, 5.41) is 10.1. The molecule has 1 saturated heterocycles. The maximum Gasteiger partial charge on any atom is 0.191 e. The number of hydrogen-bond donors (Lipinski definition) is 2. The molecule has 2 rings (SSSR count). The third-order valence-corrected chi connectivity index (χ3v) is 5.40. The van der Waals surface area contributed by atoms with Gasteiger partial charge in [0.2, 0.25) is 0 Å². The number of nitrogens with zero attached hydrogens (tertiary/aromatic N) is 3. The maximum atomic E-state index is 5.38. The summed E-state index contributed by atoms with van der Waals surface area (Å²) in [6.45, 7) is 13.8. The predicted octanol–water partition coefficient (Wildman–Crippen LogP) is 2.65. The van der Waals surface area contributed by atoms with Crippen molar-refractivity contribution in [3.63, 3.8) is 0 Å². The molecule has 1 aromatic heterocycles. The van der Waals surface area contributed by atoms with Crippen LogP contribution in [0.15, 0.2) is 10.4 Å². The molecule has 1 fully saturated rings. The van der Waals surface area contributed by atoms with Crippen molar-refractivity contribution < 1.29 is 4.74 Å². The van der Waals surface area contributed by atoms with Crippen molar-refractivity contribution in [3.05, 3.63) is 16.1 Å². The van der Waals surface area contributed by atoms with Crippen molar-refractivity contribution >= 4 is 17.3 Å². The SMILES string of the molecule is CCNC(=NCC1CCN(Cc2csc(C)n2)CC1)NCCCOCC. The number of thiazole rings is 1. The van der Waals surface area contributed by atoms with Crippen LogP contribution in [0.1, 0.15) is 43.8 Å². The Bertz CT molecular complexity index is 526. The molecule has 0 atom stereocenters. The van der Waals surface area contributed by atoms with Crippen molar-refractivity contribution in [2.45, 2.75) is 46.6 Å². The van der Waals surface area contributed by atoms with Crippen molar-refractivity contribution in [1.82, 2.24) is 20.5 Å². The largest absolute Gasteiger partial charge is 0.382 e. The molecule has 0 bridgehead atoms. The number of hydrogen-bond acceptors (Lipinski definition) is 5. The first kappa shape index (κ1) is 21.1. The number of aryl methyl sites for hydroxylation is 1. The maximum absolute atomic E-state index is 5.38. The summed E-state index contributed by atoms with van der Waals surface area (Å²) in [5.74, 6) is 1.62. The van der Waals surface area contributed by atoms with Crippen LogP contribution in [-0.4, -0.2) is 61.8 Å². The Kier molecular flexibility index (Phi) is 9.95. The molecule has 148 valence electrons. The first-order chi connectivity index (χ1) is 12.7. The second kappa shape index (κ2) is 12.3. The summed E-state index contributed by atoms with van der Waals surface area (Å²) in [4.78, 5) is 11.9. The third kappa shape index (κ3) is 8.01. The highest BCUT2D eigenvalue weighted by atomic mass is 32.1. The van der Waals surface area contributed by atoms with Crippen LogP contribution < -0.4 is 10.6 Å². The van der Waals surface area contributed by atoms with E-state index in [0.29, 0.717) is 5.92 Å². The monoisotopic (exact) mass is 381 g/mol. The van der Waals surface area contributed by atoms with Gasteiger partial charge in [-0.2, -0.15) is 0 Å². The molecule has 0 aliphatic carbocycles. The molecule has 0 saturated carbocycles. The first-order valence-electron chi connectivity index (χ1n) is 9.94. The van der Waals surface area contributed by atoms with E-state index >= 15 is 0 Å².